The van der Waals surface area contributed by atoms with Crippen LogP contribution in [0.2, 0.25) is 0 Å². The van der Waals surface area contributed by atoms with Crippen LogP contribution >= 0.6 is 0 Å². The van der Waals surface area contributed by atoms with Crippen LogP contribution in [0.4, 0.5) is 17.3 Å². The van der Waals surface area contributed by atoms with Gasteiger partial charge in [-0.25, -0.2) is 9.97 Å². The first kappa shape index (κ1) is 16.1. The minimum atomic E-state index is -0.0845. The Morgan fingerprint density at radius 1 is 1.08 bits per heavy atom. The highest BCUT2D eigenvalue weighted by Crippen LogP contribution is 2.29. The summed E-state index contributed by atoms with van der Waals surface area (Å²) in [5.74, 6) is 1.02. The number of nitrogens with one attached hydrogen (secondary N) is 1. The number of ether oxygens (including phenoxy) is 1. The van der Waals surface area contributed by atoms with Crippen molar-refractivity contribution in [3.8, 4) is 5.75 Å². The highest BCUT2D eigenvalue weighted by molar-refractivity contribution is 6.07. The summed E-state index contributed by atoms with van der Waals surface area (Å²) in [6.45, 7) is 0.680. The van der Waals surface area contributed by atoms with Crippen molar-refractivity contribution in [1.29, 1.82) is 0 Å². The minimum Gasteiger partial charge on any atom is -0.495 e. The van der Waals surface area contributed by atoms with Gasteiger partial charge in [0.05, 0.1) is 18.4 Å². The Labute approximate surface area is 151 Å². The van der Waals surface area contributed by atoms with Gasteiger partial charge < -0.3 is 15.0 Å². The molecule has 1 aromatic heterocycles. The third-order valence-corrected chi connectivity index (χ3v) is 4.38. The molecular weight excluding hydrogens is 328 g/mol. The van der Waals surface area contributed by atoms with Gasteiger partial charge in [0.1, 0.15) is 5.75 Å². The number of aromatic nitrogens is 2. The van der Waals surface area contributed by atoms with E-state index in [-0.39, 0.29) is 5.91 Å². The van der Waals surface area contributed by atoms with Gasteiger partial charge in [0.2, 0.25) is 5.95 Å². The Kier molecular flexibility index (Phi) is 4.23. The molecule has 0 bridgehead atoms. The van der Waals surface area contributed by atoms with E-state index in [2.05, 4.69) is 21.4 Å². The maximum absolute atomic E-state index is 12.8. The first-order chi connectivity index (χ1) is 12.8. The predicted octanol–water partition coefficient (Wildman–Crippen LogP) is 3.43. The lowest BCUT2D eigenvalue weighted by Gasteiger charge is -2.17. The Hall–Kier alpha value is -3.41. The molecule has 0 radical (unpaired) electrons. The summed E-state index contributed by atoms with van der Waals surface area (Å²) in [6, 6.07) is 15.5. The summed E-state index contributed by atoms with van der Waals surface area (Å²) < 4.78 is 5.30. The summed E-state index contributed by atoms with van der Waals surface area (Å²) in [5, 5.41) is 3.10. The molecule has 1 aliphatic rings. The zero-order chi connectivity index (χ0) is 17.9. The fraction of sp³-hybridized carbons (Fsp3) is 0.150. The van der Waals surface area contributed by atoms with E-state index in [1.807, 2.05) is 42.5 Å². The van der Waals surface area contributed by atoms with Crippen LogP contribution < -0.4 is 15.0 Å². The predicted molar refractivity (Wildman–Crippen MR) is 100 cm³/mol. The van der Waals surface area contributed by atoms with E-state index in [0.29, 0.717) is 23.8 Å². The maximum atomic E-state index is 12.8. The first-order valence-corrected chi connectivity index (χ1v) is 8.38. The fourth-order valence-electron chi connectivity index (χ4n) is 3.08. The molecule has 4 rings (SSSR count). The van der Waals surface area contributed by atoms with Crippen LogP contribution in [0.3, 0.4) is 0 Å². The number of rotatable bonds is 4. The highest BCUT2D eigenvalue weighted by atomic mass is 16.5. The summed E-state index contributed by atoms with van der Waals surface area (Å²) in [6.07, 6.45) is 3.97. The maximum Gasteiger partial charge on any atom is 0.261 e. The monoisotopic (exact) mass is 346 g/mol. The van der Waals surface area contributed by atoms with Crippen molar-refractivity contribution in [2.24, 2.45) is 0 Å². The molecule has 1 aliphatic heterocycles. The summed E-state index contributed by atoms with van der Waals surface area (Å²) in [4.78, 5) is 23.1. The molecule has 3 aromatic rings. The lowest BCUT2D eigenvalue weighted by Crippen LogP contribution is -2.29. The van der Waals surface area contributed by atoms with Crippen molar-refractivity contribution in [3.05, 3.63) is 72.1 Å². The third-order valence-electron chi connectivity index (χ3n) is 4.38. The van der Waals surface area contributed by atoms with Crippen molar-refractivity contribution in [2.45, 2.75) is 6.42 Å². The van der Waals surface area contributed by atoms with Gasteiger partial charge in [0.25, 0.3) is 5.91 Å². The Balaban J connectivity index is 1.52. The van der Waals surface area contributed by atoms with Crippen molar-refractivity contribution in [2.75, 3.05) is 23.9 Å². The molecule has 2 aromatic carbocycles. The van der Waals surface area contributed by atoms with Gasteiger partial charge in [-0.1, -0.05) is 30.3 Å². The number of anilines is 3. The van der Waals surface area contributed by atoms with Crippen LogP contribution in [-0.2, 0) is 6.42 Å². The number of para-hydroxylation sites is 3. The van der Waals surface area contributed by atoms with Gasteiger partial charge in [-0.15, -0.1) is 0 Å². The van der Waals surface area contributed by atoms with Crippen LogP contribution in [-0.4, -0.2) is 29.5 Å². The molecule has 2 heterocycles. The molecule has 0 fully saturated rings. The zero-order valence-corrected chi connectivity index (χ0v) is 14.3. The Morgan fingerprint density at radius 2 is 1.81 bits per heavy atom. The number of carbonyl (C=O) groups is 1. The molecule has 0 unspecified atom stereocenters. The number of benzene rings is 2. The number of carbonyl (C=O) groups excluding carboxylic acids is 1. The number of methoxy groups -OCH3 is 1. The molecule has 0 atom stereocenters. The molecule has 0 saturated heterocycles. The molecule has 0 spiro atoms. The normalized spacial score (nSPS) is 12.6. The number of hydrogen-bond donors (Lipinski definition) is 1. The number of fused-ring (bicyclic) bond motifs is 1. The second-order valence-electron chi connectivity index (χ2n) is 5.96. The minimum absolute atomic E-state index is 0.0845. The molecule has 130 valence electrons. The van der Waals surface area contributed by atoms with Gasteiger partial charge in [0.15, 0.2) is 0 Å². The van der Waals surface area contributed by atoms with Crippen LogP contribution in [0.15, 0.2) is 60.9 Å². The summed E-state index contributed by atoms with van der Waals surface area (Å²) >= 11 is 0. The number of amides is 1. The van der Waals surface area contributed by atoms with Gasteiger partial charge in [0, 0.05) is 24.6 Å². The molecule has 6 heteroatoms. The first-order valence-electron chi connectivity index (χ1n) is 8.38. The summed E-state index contributed by atoms with van der Waals surface area (Å²) in [7, 11) is 1.61. The number of hydrogen-bond acceptors (Lipinski definition) is 5. The van der Waals surface area contributed by atoms with Gasteiger partial charge in [-0.3, -0.25) is 4.79 Å². The van der Waals surface area contributed by atoms with Crippen molar-refractivity contribution >= 4 is 23.2 Å². The number of nitrogens with zero attached hydrogens (tertiary/aromatic N) is 3. The van der Waals surface area contributed by atoms with E-state index >= 15 is 0 Å². The second kappa shape index (κ2) is 6.84. The molecular formula is C20H18N4O2. The molecule has 6 nitrogen and oxygen atoms in total. The molecule has 1 N–H and O–H groups in total. The quantitative estimate of drug-likeness (QED) is 0.784. The second-order valence-corrected chi connectivity index (χ2v) is 5.96. The van der Waals surface area contributed by atoms with Crippen molar-refractivity contribution in [1.82, 2.24) is 9.97 Å². The van der Waals surface area contributed by atoms with Gasteiger partial charge in [-0.05, 0) is 30.2 Å². The zero-order valence-electron chi connectivity index (χ0n) is 14.3. The lowest BCUT2D eigenvalue weighted by molar-refractivity contribution is 0.0988. The van der Waals surface area contributed by atoms with Crippen LogP contribution in [0, 0.1) is 0 Å². The average molecular weight is 346 g/mol. The largest absolute Gasteiger partial charge is 0.495 e. The van der Waals surface area contributed by atoms with E-state index < -0.39 is 0 Å². The molecule has 26 heavy (non-hydrogen) atoms. The van der Waals surface area contributed by atoms with Crippen LogP contribution in [0.5, 0.6) is 5.75 Å². The van der Waals surface area contributed by atoms with E-state index in [0.717, 1.165) is 17.8 Å². The van der Waals surface area contributed by atoms with E-state index in [4.69, 9.17) is 4.74 Å². The van der Waals surface area contributed by atoms with E-state index in [1.54, 1.807) is 24.4 Å². The van der Waals surface area contributed by atoms with Crippen LogP contribution in [0.25, 0.3) is 0 Å². The van der Waals surface area contributed by atoms with Crippen LogP contribution in [0.1, 0.15) is 15.9 Å². The van der Waals surface area contributed by atoms with Crippen molar-refractivity contribution in [3.63, 3.8) is 0 Å². The topological polar surface area (TPSA) is 67.3 Å². The molecule has 0 saturated carbocycles. The molecule has 0 aliphatic carbocycles. The van der Waals surface area contributed by atoms with E-state index in [9.17, 15) is 4.79 Å². The standard InChI is InChI=1S/C20H18N4O2/c1-26-18-9-5-3-7-16(18)23-20-21-12-15(13-22-20)19(25)24-11-10-14-6-2-4-8-17(14)24/h2-9,12-13H,10-11H2,1H3,(H,21,22,23). The Morgan fingerprint density at radius 3 is 2.62 bits per heavy atom. The highest BCUT2D eigenvalue weighted by Gasteiger charge is 2.25. The van der Waals surface area contributed by atoms with Gasteiger partial charge in [-0.2, -0.15) is 0 Å². The smallest absolute Gasteiger partial charge is 0.261 e. The summed E-state index contributed by atoms with van der Waals surface area (Å²) in [5.41, 5.74) is 3.39. The third kappa shape index (κ3) is 2.97. The van der Waals surface area contributed by atoms with Crippen molar-refractivity contribution < 1.29 is 9.53 Å². The van der Waals surface area contributed by atoms with Gasteiger partial charge >= 0.3 is 0 Å². The molecule has 1 amide bonds. The lowest BCUT2D eigenvalue weighted by atomic mass is 10.2. The van der Waals surface area contributed by atoms with E-state index in [1.165, 1.54) is 5.56 Å². The Bertz CT molecular complexity index is 941. The SMILES string of the molecule is COc1ccccc1Nc1ncc(C(=O)N2CCc3ccccc32)cn1. The average Bonchev–Trinajstić information content (AvgIpc) is 3.12. The fourth-order valence-corrected chi connectivity index (χ4v) is 3.08.